The topological polar surface area (TPSA) is 39.2 Å². The molecule has 1 aromatic heterocycles. The van der Waals surface area contributed by atoms with Gasteiger partial charge in [-0.2, -0.15) is 0 Å². The minimum atomic E-state index is -0.182. The summed E-state index contributed by atoms with van der Waals surface area (Å²) >= 11 is 1.43. The molecular weight excluding hydrogens is 282 g/mol. The molecule has 2 aromatic rings. The Kier molecular flexibility index (Phi) is 5.23. The first-order valence-electron chi connectivity index (χ1n) is 7.12. The molecular formula is C17H21NO2S. The van der Waals surface area contributed by atoms with Crippen molar-refractivity contribution in [1.82, 2.24) is 4.98 Å². The molecule has 0 fully saturated rings. The molecule has 0 spiro atoms. The minimum Gasteiger partial charge on any atom is -0.465 e. The molecule has 0 aliphatic rings. The third-order valence-corrected chi connectivity index (χ3v) is 4.03. The maximum absolute atomic E-state index is 11.7. The van der Waals surface area contributed by atoms with Crippen molar-refractivity contribution in [3.8, 4) is 0 Å². The van der Waals surface area contributed by atoms with E-state index in [9.17, 15) is 4.79 Å². The molecule has 1 heterocycles. The zero-order valence-corrected chi connectivity index (χ0v) is 13.8. The summed E-state index contributed by atoms with van der Waals surface area (Å²) in [5, 5.41) is 2.04. The van der Waals surface area contributed by atoms with E-state index in [1.807, 2.05) is 26.0 Å². The molecule has 21 heavy (non-hydrogen) atoms. The van der Waals surface area contributed by atoms with Crippen LogP contribution < -0.4 is 0 Å². The molecule has 1 aromatic carbocycles. The highest BCUT2D eigenvalue weighted by molar-refractivity contribution is 7.99. The van der Waals surface area contributed by atoms with Crippen LogP contribution in [-0.2, 0) is 9.53 Å². The standard InChI is InChI=1S/C17H21NO2S/c1-11(2)9-20-16(19)10-21-15-8-13(4)14-7-5-6-12(3)17(14)18-15/h5-8,11H,9-10H2,1-4H3. The van der Waals surface area contributed by atoms with Crippen LogP contribution in [0.2, 0.25) is 0 Å². The summed E-state index contributed by atoms with van der Waals surface area (Å²) in [5.41, 5.74) is 3.35. The van der Waals surface area contributed by atoms with Crippen LogP contribution in [-0.4, -0.2) is 23.3 Å². The van der Waals surface area contributed by atoms with Gasteiger partial charge < -0.3 is 4.74 Å². The molecule has 0 saturated carbocycles. The fourth-order valence-electron chi connectivity index (χ4n) is 2.04. The highest BCUT2D eigenvalue weighted by atomic mass is 32.2. The van der Waals surface area contributed by atoms with E-state index in [0.717, 1.165) is 16.1 Å². The van der Waals surface area contributed by atoms with Crippen LogP contribution in [0.3, 0.4) is 0 Å². The molecule has 0 unspecified atom stereocenters. The first-order chi connectivity index (χ1) is 9.97. The van der Waals surface area contributed by atoms with Crippen LogP contribution in [0.25, 0.3) is 10.9 Å². The lowest BCUT2D eigenvalue weighted by atomic mass is 10.1. The zero-order chi connectivity index (χ0) is 15.4. The number of hydrogen-bond acceptors (Lipinski definition) is 4. The molecule has 112 valence electrons. The molecule has 4 heteroatoms. The number of carbonyl (C=O) groups excluding carboxylic acids is 1. The maximum Gasteiger partial charge on any atom is 0.316 e. The van der Waals surface area contributed by atoms with Crippen LogP contribution in [0.4, 0.5) is 0 Å². The van der Waals surface area contributed by atoms with Crippen LogP contribution >= 0.6 is 11.8 Å². The fourth-order valence-corrected chi connectivity index (χ4v) is 2.80. The molecule has 3 nitrogen and oxygen atoms in total. The summed E-state index contributed by atoms with van der Waals surface area (Å²) in [4.78, 5) is 16.3. The first kappa shape index (κ1) is 15.8. The van der Waals surface area contributed by atoms with E-state index in [1.54, 1.807) is 0 Å². The van der Waals surface area contributed by atoms with Crippen LogP contribution in [0.15, 0.2) is 29.3 Å². The van der Waals surface area contributed by atoms with E-state index in [2.05, 4.69) is 31.0 Å². The van der Waals surface area contributed by atoms with Crippen molar-refractivity contribution in [2.24, 2.45) is 5.92 Å². The van der Waals surface area contributed by atoms with Crippen molar-refractivity contribution in [1.29, 1.82) is 0 Å². The van der Waals surface area contributed by atoms with Gasteiger partial charge in [0.05, 0.1) is 22.9 Å². The van der Waals surface area contributed by atoms with Gasteiger partial charge >= 0.3 is 5.97 Å². The molecule has 0 radical (unpaired) electrons. The normalized spacial score (nSPS) is 11.1. The number of nitrogens with zero attached hydrogens (tertiary/aromatic N) is 1. The predicted octanol–water partition coefficient (Wildman–Crippen LogP) is 4.14. The van der Waals surface area contributed by atoms with E-state index in [-0.39, 0.29) is 5.97 Å². The van der Waals surface area contributed by atoms with Gasteiger partial charge in [0.1, 0.15) is 0 Å². The molecule has 0 atom stereocenters. The number of pyridine rings is 1. The summed E-state index contributed by atoms with van der Waals surface area (Å²) in [5.74, 6) is 0.483. The highest BCUT2D eigenvalue weighted by Gasteiger charge is 2.09. The Labute approximate surface area is 130 Å². The Bertz CT molecular complexity index is 653. The molecule has 0 saturated heterocycles. The molecule has 0 bridgehead atoms. The van der Waals surface area contributed by atoms with E-state index in [0.29, 0.717) is 18.3 Å². The van der Waals surface area contributed by atoms with Crippen molar-refractivity contribution >= 4 is 28.6 Å². The van der Waals surface area contributed by atoms with Crippen LogP contribution in [0.1, 0.15) is 25.0 Å². The van der Waals surface area contributed by atoms with Crippen molar-refractivity contribution in [3.05, 3.63) is 35.4 Å². The number of fused-ring (bicyclic) bond motifs is 1. The molecule has 0 aliphatic heterocycles. The number of rotatable bonds is 5. The quantitative estimate of drug-likeness (QED) is 0.614. The Hall–Kier alpha value is -1.55. The molecule has 2 rings (SSSR count). The van der Waals surface area contributed by atoms with Gasteiger partial charge in [-0.05, 0) is 37.0 Å². The Morgan fingerprint density at radius 2 is 2.05 bits per heavy atom. The van der Waals surface area contributed by atoms with Crippen molar-refractivity contribution < 1.29 is 9.53 Å². The van der Waals surface area contributed by atoms with Crippen molar-refractivity contribution in [2.45, 2.75) is 32.7 Å². The van der Waals surface area contributed by atoms with E-state index < -0.39 is 0 Å². The number of esters is 1. The SMILES string of the molecule is Cc1cc(SCC(=O)OCC(C)C)nc2c(C)cccc12. The Morgan fingerprint density at radius 1 is 1.29 bits per heavy atom. The van der Waals surface area contributed by atoms with Crippen molar-refractivity contribution in [2.75, 3.05) is 12.4 Å². The lowest BCUT2D eigenvalue weighted by Gasteiger charge is -2.09. The number of carbonyl (C=O) groups is 1. The average molecular weight is 303 g/mol. The van der Waals surface area contributed by atoms with Gasteiger partial charge in [0.25, 0.3) is 0 Å². The van der Waals surface area contributed by atoms with Gasteiger partial charge in [-0.1, -0.05) is 43.8 Å². The third kappa shape index (κ3) is 4.21. The lowest BCUT2D eigenvalue weighted by Crippen LogP contribution is -2.11. The fraction of sp³-hybridized carbons (Fsp3) is 0.412. The molecule has 0 amide bonds. The average Bonchev–Trinajstić information content (AvgIpc) is 2.44. The van der Waals surface area contributed by atoms with Gasteiger partial charge in [-0.15, -0.1) is 0 Å². The number of para-hydroxylation sites is 1. The van der Waals surface area contributed by atoms with Gasteiger partial charge in [0.15, 0.2) is 0 Å². The van der Waals surface area contributed by atoms with E-state index >= 15 is 0 Å². The monoisotopic (exact) mass is 303 g/mol. The largest absolute Gasteiger partial charge is 0.465 e. The van der Waals surface area contributed by atoms with Crippen LogP contribution in [0.5, 0.6) is 0 Å². The smallest absolute Gasteiger partial charge is 0.316 e. The Morgan fingerprint density at radius 3 is 2.76 bits per heavy atom. The molecule has 0 N–H and O–H groups in total. The van der Waals surface area contributed by atoms with Crippen LogP contribution in [0, 0.1) is 19.8 Å². The van der Waals surface area contributed by atoms with Gasteiger partial charge in [-0.25, -0.2) is 4.98 Å². The number of aryl methyl sites for hydroxylation is 2. The number of thioether (sulfide) groups is 1. The van der Waals surface area contributed by atoms with Gasteiger partial charge in [-0.3, -0.25) is 4.79 Å². The summed E-state index contributed by atoms with van der Waals surface area (Å²) < 4.78 is 5.18. The first-order valence-corrected chi connectivity index (χ1v) is 8.11. The zero-order valence-electron chi connectivity index (χ0n) is 13.0. The number of ether oxygens (including phenoxy) is 1. The number of benzene rings is 1. The second-order valence-corrected chi connectivity index (χ2v) is 6.61. The second-order valence-electron chi connectivity index (χ2n) is 5.61. The summed E-state index contributed by atoms with van der Waals surface area (Å²) in [6.07, 6.45) is 0. The van der Waals surface area contributed by atoms with E-state index in [1.165, 1.54) is 22.7 Å². The van der Waals surface area contributed by atoms with Gasteiger partial charge in [0, 0.05) is 5.39 Å². The number of hydrogen-bond donors (Lipinski definition) is 0. The Balaban J connectivity index is 2.09. The predicted molar refractivity (Wildman–Crippen MR) is 87.7 cm³/mol. The molecule has 0 aliphatic carbocycles. The minimum absolute atomic E-state index is 0.182. The number of aromatic nitrogens is 1. The summed E-state index contributed by atoms with van der Waals surface area (Å²) in [6.45, 7) is 8.66. The summed E-state index contributed by atoms with van der Waals surface area (Å²) in [6, 6.07) is 8.21. The van der Waals surface area contributed by atoms with Gasteiger partial charge in [0.2, 0.25) is 0 Å². The highest BCUT2D eigenvalue weighted by Crippen LogP contribution is 2.25. The third-order valence-electron chi connectivity index (χ3n) is 3.14. The van der Waals surface area contributed by atoms with Crippen molar-refractivity contribution in [3.63, 3.8) is 0 Å². The second kappa shape index (κ2) is 6.94. The summed E-state index contributed by atoms with van der Waals surface area (Å²) in [7, 11) is 0. The maximum atomic E-state index is 11.7. The van der Waals surface area contributed by atoms with E-state index in [4.69, 9.17) is 4.74 Å². The lowest BCUT2D eigenvalue weighted by molar-refractivity contribution is -0.141.